The summed E-state index contributed by atoms with van der Waals surface area (Å²) in [6, 6.07) is 4.46. The molecule has 0 saturated carbocycles. The molecule has 2 N–H and O–H groups in total. The van der Waals surface area contributed by atoms with Gasteiger partial charge in [-0.2, -0.15) is 0 Å². The lowest BCUT2D eigenvalue weighted by Gasteiger charge is -2.21. The fraction of sp³-hybridized carbons (Fsp3) is 0.381. The third kappa shape index (κ3) is 4.52. The van der Waals surface area contributed by atoms with E-state index in [2.05, 4.69) is 10.6 Å². The quantitative estimate of drug-likeness (QED) is 0.606. The van der Waals surface area contributed by atoms with E-state index in [-0.39, 0.29) is 16.9 Å². The number of Topliss-reactive ketones (excluding diaryl/α,β-unsaturated/α-hetero) is 1. The van der Waals surface area contributed by atoms with Crippen molar-refractivity contribution in [3.8, 4) is 0 Å². The van der Waals surface area contributed by atoms with Gasteiger partial charge in [-0.15, -0.1) is 0 Å². The van der Waals surface area contributed by atoms with Gasteiger partial charge in [-0.25, -0.2) is 8.78 Å². The summed E-state index contributed by atoms with van der Waals surface area (Å²) in [6.07, 6.45) is 2.25. The van der Waals surface area contributed by atoms with Crippen LogP contribution >= 0.6 is 0 Å². The Labute approximate surface area is 167 Å². The predicted molar refractivity (Wildman–Crippen MR) is 104 cm³/mol. The van der Waals surface area contributed by atoms with Gasteiger partial charge in [0.25, 0.3) is 17.6 Å². The van der Waals surface area contributed by atoms with E-state index in [1.54, 1.807) is 25.3 Å². The Morgan fingerprint density at radius 3 is 2.41 bits per heavy atom. The van der Waals surface area contributed by atoms with Crippen molar-refractivity contribution in [3.63, 3.8) is 0 Å². The van der Waals surface area contributed by atoms with Crippen LogP contribution in [0.2, 0.25) is 0 Å². The number of rotatable bonds is 4. The number of ketones is 1. The molecule has 0 fully saturated rings. The Morgan fingerprint density at radius 1 is 1.03 bits per heavy atom. The molecule has 154 valence electrons. The number of fused-ring (bicyclic) bond motifs is 1. The number of carbonyl (C=O) groups excluding carboxylic acids is 3. The third-order valence-electron chi connectivity index (χ3n) is 4.60. The zero-order valence-corrected chi connectivity index (χ0v) is 16.6. The van der Waals surface area contributed by atoms with E-state index in [1.165, 1.54) is 12.1 Å². The van der Waals surface area contributed by atoms with Crippen molar-refractivity contribution < 1.29 is 23.2 Å². The fourth-order valence-corrected chi connectivity index (χ4v) is 3.35. The first-order valence-corrected chi connectivity index (χ1v) is 9.42. The lowest BCUT2D eigenvalue weighted by Crippen LogP contribution is -2.44. The molecular formula is C21H23F2N3O3. The van der Waals surface area contributed by atoms with Gasteiger partial charge in [0, 0.05) is 29.5 Å². The van der Waals surface area contributed by atoms with E-state index < -0.39 is 34.8 Å². The number of hydrogen-bond donors (Lipinski definition) is 2. The van der Waals surface area contributed by atoms with Crippen LogP contribution in [0, 0.1) is 11.6 Å². The van der Waals surface area contributed by atoms with Crippen molar-refractivity contribution in [3.05, 3.63) is 52.9 Å². The summed E-state index contributed by atoms with van der Waals surface area (Å²) in [7, 11) is 0. The molecule has 8 heteroatoms. The maximum Gasteiger partial charge on any atom is 0.294 e. The van der Waals surface area contributed by atoms with Gasteiger partial charge in [-0.05, 0) is 58.2 Å². The van der Waals surface area contributed by atoms with E-state index in [0.717, 1.165) is 25.0 Å². The molecule has 0 unspecified atom stereocenters. The molecule has 0 saturated heterocycles. The summed E-state index contributed by atoms with van der Waals surface area (Å²) in [6.45, 7) is 5.84. The van der Waals surface area contributed by atoms with Crippen molar-refractivity contribution in [2.45, 2.75) is 52.1 Å². The van der Waals surface area contributed by atoms with Crippen LogP contribution in [0.15, 0.2) is 24.3 Å². The van der Waals surface area contributed by atoms with Crippen LogP contribution in [0.4, 0.5) is 14.5 Å². The van der Waals surface area contributed by atoms with E-state index >= 15 is 0 Å². The molecular weight excluding hydrogens is 380 g/mol. The van der Waals surface area contributed by atoms with Gasteiger partial charge in [0.1, 0.15) is 0 Å². The zero-order valence-electron chi connectivity index (χ0n) is 16.6. The van der Waals surface area contributed by atoms with Gasteiger partial charge in [-0.1, -0.05) is 0 Å². The molecule has 29 heavy (non-hydrogen) atoms. The number of nitrogens with one attached hydrogen (secondary N) is 2. The first-order chi connectivity index (χ1) is 13.6. The summed E-state index contributed by atoms with van der Waals surface area (Å²) in [5.41, 5.74) is 0.584. The lowest BCUT2D eigenvalue weighted by molar-refractivity contribution is -0.118. The van der Waals surface area contributed by atoms with E-state index in [4.69, 9.17) is 0 Å². The summed E-state index contributed by atoms with van der Waals surface area (Å²) in [5, 5.41) is 5.16. The molecule has 3 rings (SSSR count). The Kier molecular flexibility index (Phi) is 5.55. The van der Waals surface area contributed by atoms with Crippen LogP contribution in [0.5, 0.6) is 0 Å². The number of hydrogen-bond acceptors (Lipinski definition) is 3. The number of anilines is 1. The van der Waals surface area contributed by atoms with Crippen molar-refractivity contribution in [2.24, 2.45) is 0 Å². The monoisotopic (exact) mass is 403 g/mol. The highest BCUT2D eigenvalue weighted by Gasteiger charge is 2.30. The maximum atomic E-state index is 13.4. The van der Waals surface area contributed by atoms with Gasteiger partial charge in [-0.3, -0.25) is 14.4 Å². The van der Waals surface area contributed by atoms with Crippen LogP contribution in [-0.4, -0.2) is 27.7 Å². The molecule has 1 aromatic heterocycles. The zero-order chi connectivity index (χ0) is 21.3. The fourth-order valence-electron chi connectivity index (χ4n) is 3.35. The molecule has 1 aliphatic rings. The van der Waals surface area contributed by atoms with Crippen molar-refractivity contribution in [2.75, 3.05) is 5.32 Å². The van der Waals surface area contributed by atoms with Gasteiger partial charge >= 0.3 is 0 Å². The molecule has 2 heterocycles. The smallest absolute Gasteiger partial charge is 0.294 e. The molecule has 2 aromatic rings. The van der Waals surface area contributed by atoms with Crippen LogP contribution < -0.4 is 10.6 Å². The molecule has 2 amide bonds. The largest absolute Gasteiger partial charge is 0.345 e. The summed E-state index contributed by atoms with van der Waals surface area (Å²) in [4.78, 5) is 37.8. The average Bonchev–Trinajstić information content (AvgIpc) is 3.02. The van der Waals surface area contributed by atoms with Gasteiger partial charge in [0.05, 0.1) is 11.3 Å². The van der Waals surface area contributed by atoms with Crippen LogP contribution in [0.25, 0.3) is 0 Å². The van der Waals surface area contributed by atoms with Crippen LogP contribution in [-0.2, 0) is 17.8 Å². The number of halogens is 2. The number of aromatic nitrogens is 1. The van der Waals surface area contributed by atoms with Gasteiger partial charge in [0.2, 0.25) is 0 Å². The molecule has 1 aliphatic heterocycles. The van der Waals surface area contributed by atoms with Crippen molar-refractivity contribution in [1.82, 2.24) is 9.88 Å². The van der Waals surface area contributed by atoms with E-state index in [9.17, 15) is 23.2 Å². The third-order valence-corrected chi connectivity index (χ3v) is 4.60. The second-order valence-electron chi connectivity index (χ2n) is 8.11. The summed E-state index contributed by atoms with van der Waals surface area (Å²) < 4.78 is 28.2. The number of nitrogens with zero attached hydrogens (tertiary/aromatic N) is 1. The maximum absolute atomic E-state index is 13.4. The van der Waals surface area contributed by atoms with Crippen molar-refractivity contribution >= 4 is 23.3 Å². The molecule has 0 bridgehead atoms. The van der Waals surface area contributed by atoms with Crippen LogP contribution in [0.1, 0.15) is 60.2 Å². The second kappa shape index (κ2) is 7.77. The Morgan fingerprint density at radius 2 is 1.76 bits per heavy atom. The molecule has 0 radical (unpaired) electrons. The minimum absolute atomic E-state index is 0.100. The van der Waals surface area contributed by atoms with E-state index in [1.807, 2.05) is 0 Å². The highest BCUT2D eigenvalue weighted by molar-refractivity contribution is 6.42. The highest BCUT2D eigenvalue weighted by Crippen LogP contribution is 2.25. The predicted octanol–water partition coefficient (Wildman–Crippen LogP) is 3.45. The minimum atomic E-state index is -1.07. The standard InChI is InChI=1S/C21H23F2N3O3/c1-21(2,3)25-20(29)18(27)17-11-13(16-6-4-5-9-26(16)17)19(28)24-12-7-8-14(22)15(23)10-12/h7-8,10-11H,4-6,9H2,1-3H3,(H,24,28)(H,25,29). The van der Waals surface area contributed by atoms with Gasteiger partial charge in [0.15, 0.2) is 11.6 Å². The van der Waals surface area contributed by atoms with E-state index in [0.29, 0.717) is 18.7 Å². The first-order valence-electron chi connectivity index (χ1n) is 9.42. The second-order valence-corrected chi connectivity index (χ2v) is 8.11. The van der Waals surface area contributed by atoms with Crippen LogP contribution in [0.3, 0.4) is 0 Å². The average molecular weight is 403 g/mol. The summed E-state index contributed by atoms with van der Waals surface area (Å²) >= 11 is 0. The Balaban J connectivity index is 1.91. The topological polar surface area (TPSA) is 80.2 Å². The number of amides is 2. The summed E-state index contributed by atoms with van der Waals surface area (Å²) in [5.74, 6) is -4.08. The normalized spacial score (nSPS) is 13.6. The molecule has 0 spiro atoms. The molecule has 0 aliphatic carbocycles. The molecule has 1 aromatic carbocycles. The minimum Gasteiger partial charge on any atom is -0.345 e. The lowest BCUT2D eigenvalue weighted by atomic mass is 10.1. The first kappa shape index (κ1) is 20.7. The molecule has 6 nitrogen and oxygen atoms in total. The van der Waals surface area contributed by atoms with Crippen molar-refractivity contribution in [1.29, 1.82) is 0 Å². The number of benzene rings is 1. The Hall–Kier alpha value is -3.03. The molecule has 0 atom stereocenters. The Bertz CT molecular complexity index is 990. The number of carbonyl (C=O) groups is 3. The highest BCUT2D eigenvalue weighted by atomic mass is 19.2. The SMILES string of the molecule is CC(C)(C)NC(=O)C(=O)c1cc(C(=O)Nc2ccc(F)c(F)c2)c2n1CCCC2. The van der Waals surface area contributed by atoms with Gasteiger partial charge < -0.3 is 15.2 Å².